The number of nitrogens with one attached hydrogen (secondary N) is 1. The quantitative estimate of drug-likeness (QED) is 0.721. The molecule has 0 spiro atoms. The van der Waals surface area contributed by atoms with E-state index in [1.165, 1.54) is 12.3 Å². The third-order valence-electron chi connectivity index (χ3n) is 1.46. The maximum absolute atomic E-state index is 12.1. The van der Waals surface area contributed by atoms with Gasteiger partial charge in [-0.15, -0.1) is 0 Å². The predicted molar refractivity (Wildman–Crippen MR) is 43.3 cm³/mol. The summed E-state index contributed by atoms with van der Waals surface area (Å²) in [6, 6.07) is 3.41. The van der Waals surface area contributed by atoms with E-state index in [0.717, 1.165) is 0 Å². The molecule has 0 aliphatic carbocycles. The van der Waals surface area contributed by atoms with E-state index in [1.54, 1.807) is 7.05 Å². The van der Waals surface area contributed by atoms with Gasteiger partial charge in [-0.2, -0.15) is 5.26 Å². The Morgan fingerprint density at radius 3 is 3.00 bits per heavy atom. The number of nitriles is 1. The molecule has 0 saturated heterocycles. The summed E-state index contributed by atoms with van der Waals surface area (Å²) in [7, 11) is 1.66. The Bertz CT molecular complexity index is 317. The Labute approximate surface area is 69.9 Å². The van der Waals surface area contributed by atoms with E-state index in [1.807, 2.05) is 6.07 Å². The van der Waals surface area contributed by atoms with Crippen LogP contribution in [-0.4, -0.2) is 12.0 Å². The van der Waals surface area contributed by atoms with E-state index in [9.17, 15) is 4.39 Å². The molecule has 1 heterocycles. The van der Waals surface area contributed by atoms with Crippen LogP contribution in [0.1, 0.15) is 11.1 Å². The Morgan fingerprint density at radius 2 is 2.50 bits per heavy atom. The molecule has 0 aromatic carbocycles. The molecule has 0 unspecified atom stereocenters. The first-order chi connectivity index (χ1) is 5.81. The lowest BCUT2D eigenvalue weighted by Crippen LogP contribution is -1.96. The smallest absolute Gasteiger partial charge is 0.143 e. The fraction of sp³-hybridized carbons (Fsp3) is 0.250. The van der Waals surface area contributed by atoms with Crippen molar-refractivity contribution < 1.29 is 4.39 Å². The van der Waals surface area contributed by atoms with Crippen molar-refractivity contribution in [2.45, 2.75) is 6.67 Å². The molecule has 1 N–H and O–H groups in total. The van der Waals surface area contributed by atoms with Crippen molar-refractivity contribution in [3.8, 4) is 6.07 Å². The van der Waals surface area contributed by atoms with E-state index < -0.39 is 6.67 Å². The predicted octanol–water partition coefficient (Wildman–Crippen LogP) is 1.46. The highest BCUT2D eigenvalue weighted by Gasteiger charge is 2.02. The van der Waals surface area contributed by atoms with Crippen LogP contribution in [0.15, 0.2) is 12.3 Å². The van der Waals surface area contributed by atoms with Crippen molar-refractivity contribution in [2.24, 2.45) is 0 Å². The lowest BCUT2D eigenvalue weighted by Gasteiger charge is -2.01. The van der Waals surface area contributed by atoms with Crippen LogP contribution in [0.5, 0.6) is 0 Å². The highest BCUT2D eigenvalue weighted by molar-refractivity contribution is 5.52. The second-order valence-corrected chi connectivity index (χ2v) is 2.24. The number of anilines is 1. The van der Waals surface area contributed by atoms with Crippen LogP contribution >= 0.6 is 0 Å². The summed E-state index contributed by atoms with van der Waals surface area (Å²) in [6.07, 6.45) is 1.41. The summed E-state index contributed by atoms with van der Waals surface area (Å²) in [4.78, 5) is 3.87. The number of alkyl halides is 1. The van der Waals surface area contributed by atoms with Crippen molar-refractivity contribution >= 4 is 5.82 Å². The number of hydrogen-bond donors (Lipinski definition) is 1. The van der Waals surface area contributed by atoms with Gasteiger partial charge in [0.25, 0.3) is 0 Å². The second-order valence-electron chi connectivity index (χ2n) is 2.24. The van der Waals surface area contributed by atoms with Gasteiger partial charge in [0.2, 0.25) is 0 Å². The fourth-order valence-electron chi connectivity index (χ4n) is 0.866. The first-order valence-corrected chi connectivity index (χ1v) is 3.44. The lowest BCUT2D eigenvalue weighted by atomic mass is 10.2. The Morgan fingerprint density at radius 1 is 1.75 bits per heavy atom. The number of aromatic nitrogens is 1. The number of rotatable bonds is 2. The average molecular weight is 165 g/mol. The molecule has 1 aromatic rings. The number of pyridine rings is 1. The van der Waals surface area contributed by atoms with Crippen LogP contribution in [0.3, 0.4) is 0 Å². The summed E-state index contributed by atoms with van der Waals surface area (Å²) in [5, 5.41) is 11.4. The average Bonchev–Trinajstić information content (AvgIpc) is 2.16. The van der Waals surface area contributed by atoms with Gasteiger partial charge in [-0.3, -0.25) is 0 Å². The maximum atomic E-state index is 12.1. The van der Waals surface area contributed by atoms with Gasteiger partial charge >= 0.3 is 0 Å². The topological polar surface area (TPSA) is 48.7 Å². The van der Waals surface area contributed by atoms with Crippen molar-refractivity contribution in [3.05, 3.63) is 23.4 Å². The van der Waals surface area contributed by atoms with Gasteiger partial charge in [0.15, 0.2) is 0 Å². The summed E-state index contributed by atoms with van der Waals surface area (Å²) >= 11 is 0. The SMILES string of the molecule is CNc1ncc(CF)cc1C#N. The Hall–Kier alpha value is -1.63. The molecule has 0 radical (unpaired) electrons. The summed E-state index contributed by atoms with van der Waals surface area (Å²) in [5.41, 5.74) is 0.790. The molecule has 12 heavy (non-hydrogen) atoms. The van der Waals surface area contributed by atoms with Gasteiger partial charge in [-0.1, -0.05) is 0 Å². The minimum Gasteiger partial charge on any atom is -0.372 e. The third kappa shape index (κ3) is 1.51. The minimum atomic E-state index is -0.592. The zero-order chi connectivity index (χ0) is 8.97. The zero-order valence-corrected chi connectivity index (χ0v) is 6.63. The first-order valence-electron chi connectivity index (χ1n) is 3.44. The third-order valence-corrected chi connectivity index (χ3v) is 1.46. The molecule has 0 atom stereocenters. The van der Waals surface area contributed by atoms with Crippen molar-refractivity contribution in [2.75, 3.05) is 12.4 Å². The van der Waals surface area contributed by atoms with Gasteiger partial charge in [0.05, 0.1) is 5.56 Å². The molecule has 0 amide bonds. The Balaban J connectivity index is 3.13. The van der Waals surface area contributed by atoms with E-state index in [4.69, 9.17) is 5.26 Å². The summed E-state index contributed by atoms with van der Waals surface area (Å²) in [5.74, 6) is 0.481. The van der Waals surface area contributed by atoms with Crippen LogP contribution < -0.4 is 5.32 Å². The number of nitrogens with zero attached hydrogens (tertiary/aromatic N) is 2. The Kier molecular flexibility index (Phi) is 2.59. The van der Waals surface area contributed by atoms with Gasteiger partial charge in [-0.05, 0) is 6.07 Å². The molecule has 3 nitrogen and oxygen atoms in total. The van der Waals surface area contributed by atoms with Gasteiger partial charge in [0.1, 0.15) is 18.6 Å². The van der Waals surface area contributed by atoms with Crippen molar-refractivity contribution in [3.63, 3.8) is 0 Å². The van der Waals surface area contributed by atoms with Crippen LogP contribution in [0.4, 0.5) is 10.2 Å². The molecular formula is C8H8FN3. The molecule has 0 bridgehead atoms. The van der Waals surface area contributed by atoms with Crippen LogP contribution in [-0.2, 0) is 6.67 Å². The van der Waals surface area contributed by atoms with Crippen LogP contribution in [0, 0.1) is 11.3 Å². The molecule has 1 rings (SSSR count). The molecule has 0 aliphatic rings. The molecule has 4 heteroatoms. The van der Waals surface area contributed by atoms with E-state index in [0.29, 0.717) is 16.9 Å². The monoisotopic (exact) mass is 165 g/mol. The standard InChI is InChI=1S/C8H8FN3/c1-11-8-7(4-10)2-6(3-9)5-12-8/h2,5H,3H2,1H3,(H,11,12). The van der Waals surface area contributed by atoms with Gasteiger partial charge < -0.3 is 5.32 Å². The molecule has 0 aliphatic heterocycles. The number of hydrogen-bond acceptors (Lipinski definition) is 3. The highest BCUT2D eigenvalue weighted by Crippen LogP contribution is 2.12. The maximum Gasteiger partial charge on any atom is 0.143 e. The zero-order valence-electron chi connectivity index (χ0n) is 6.63. The molecule has 0 fully saturated rings. The van der Waals surface area contributed by atoms with Crippen LogP contribution in [0.2, 0.25) is 0 Å². The molecule has 62 valence electrons. The molecule has 0 saturated carbocycles. The fourth-order valence-corrected chi connectivity index (χ4v) is 0.866. The van der Waals surface area contributed by atoms with Crippen molar-refractivity contribution in [1.82, 2.24) is 4.98 Å². The lowest BCUT2D eigenvalue weighted by molar-refractivity contribution is 0.484. The highest BCUT2D eigenvalue weighted by atomic mass is 19.1. The first kappa shape index (κ1) is 8.47. The molecular weight excluding hydrogens is 157 g/mol. The minimum absolute atomic E-state index is 0.368. The summed E-state index contributed by atoms with van der Waals surface area (Å²) in [6.45, 7) is -0.592. The largest absolute Gasteiger partial charge is 0.372 e. The normalized spacial score (nSPS) is 9.08. The van der Waals surface area contributed by atoms with Crippen LogP contribution in [0.25, 0.3) is 0 Å². The van der Waals surface area contributed by atoms with E-state index >= 15 is 0 Å². The van der Waals surface area contributed by atoms with Crippen molar-refractivity contribution in [1.29, 1.82) is 5.26 Å². The van der Waals surface area contributed by atoms with E-state index in [-0.39, 0.29) is 0 Å². The molecule has 1 aromatic heterocycles. The van der Waals surface area contributed by atoms with Gasteiger partial charge in [0, 0.05) is 18.8 Å². The summed E-state index contributed by atoms with van der Waals surface area (Å²) < 4.78 is 12.1. The number of halogens is 1. The van der Waals surface area contributed by atoms with E-state index in [2.05, 4.69) is 10.3 Å². The second kappa shape index (κ2) is 3.67. The van der Waals surface area contributed by atoms with Gasteiger partial charge in [-0.25, -0.2) is 9.37 Å².